The van der Waals surface area contributed by atoms with Crippen molar-refractivity contribution in [1.29, 1.82) is 0 Å². The molecule has 5 nitrogen and oxygen atoms in total. The Hall–Kier alpha value is -0.200. The van der Waals surface area contributed by atoms with Crippen LogP contribution in [0.5, 0.6) is 0 Å². The molecule has 4 atom stereocenters. The Morgan fingerprint density at radius 1 is 1.10 bits per heavy atom. The smallest absolute Gasteiger partial charge is 0.184 e. The second kappa shape index (κ2) is 2.81. The molecule has 0 saturated carbocycles. The predicted molar refractivity (Wildman–Crippen MR) is 30.0 cm³/mol. The van der Waals surface area contributed by atoms with Gasteiger partial charge in [0, 0.05) is 0 Å². The summed E-state index contributed by atoms with van der Waals surface area (Å²) in [6, 6.07) is 0. The fraction of sp³-hybridized carbons (Fsp3) is 1.00. The average Bonchev–Trinajstić information content (AvgIpc) is 2.17. The second-order valence-electron chi connectivity index (χ2n) is 2.23. The van der Waals surface area contributed by atoms with Crippen molar-refractivity contribution in [2.45, 2.75) is 24.6 Å². The Morgan fingerprint density at radius 3 is 1.90 bits per heavy atom. The van der Waals surface area contributed by atoms with Crippen LogP contribution in [-0.2, 0) is 4.74 Å². The van der Waals surface area contributed by atoms with Crippen LogP contribution in [0.1, 0.15) is 0 Å². The van der Waals surface area contributed by atoms with E-state index in [0.717, 1.165) is 0 Å². The van der Waals surface area contributed by atoms with E-state index in [2.05, 4.69) is 4.74 Å². The van der Waals surface area contributed by atoms with Crippen LogP contribution in [-0.4, -0.2) is 51.6 Å². The molecule has 1 saturated heterocycles. The lowest BCUT2D eigenvalue weighted by atomic mass is 10.1. The Kier molecular flexibility index (Phi) is 2.22. The van der Waals surface area contributed by atoms with Gasteiger partial charge >= 0.3 is 0 Å². The fourth-order valence-electron chi connectivity index (χ4n) is 0.880. The molecule has 0 radical (unpaired) electrons. The Labute approximate surface area is 57.5 Å². The number of ether oxygens (including phenoxy) is 1. The molecule has 60 valence electrons. The van der Waals surface area contributed by atoms with Gasteiger partial charge in [-0.1, -0.05) is 0 Å². The van der Waals surface area contributed by atoms with E-state index in [9.17, 15) is 0 Å². The van der Waals surface area contributed by atoms with Crippen molar-refractivity contribution in [2.24, 2.45) is 0 Å². The zero-order valence-electron chi connectivity index (χ0n) is 5.21. The van der Waals surface area contributed by atoms with Gasteiger partial charge in [0.25, 0.3) is 0 Å². The van der Waals surface area contributed by atoms with Gasteiger partial charge in [-0.3, -0.25) is 0 Å². The molecule has 1 fully saturated rings. The minimum absolute atomic E-state index is 0.407. The summed E-state index contributed by atoms with van der Waals surface area (Å²) in [7, 11) is 0. The van der Waals surface area contributed by atoms with Gasteiger partial charge in [-0.2, -0.15) is 0 Å². The monoisotopic (exact) mass is 150 g/mol. The maximum Gasteiger partial charge on any atom is 0.184 e. The Balaban J connectivity index is 2.53. The standard InChI is InChI=1S/C5H10O5/c6-1-2-3(7)4(8)5(9)10-2/h2-9H,1H2/t2?,3-,4?,5?/m0/s1. The van der Waals surface area contributed by atoms with Crippen LogP contribution in [0.3, 0.4) is 0 Å². The molecular weight excluding hydrogens is 140 g/mol. The first-order valence-corrected chi connectivity index (χ1v) is 2.97. The van der Waals surface area contributed by atoms with E-state index in [1.54, 1.807) is 0 Å². The quantitative estimate of drug-likeness (QED) is 0.329. The minimum atomic E-state index is -1.38. The second-order valence-corrected chi connectivity index (χ2v) is 2.23. The Bertz CT molecular complexity index is 117. The molecule has 1 aliphatic rings. The molecule has 1 heterocycles. The highest BCUT2D eigenvalue weighted by Crippen LogP contribution is 2.18. The third-order valence-electron chi connectivity index (χ3n) is 1.52. The summed E-state index contributed by atoms with van der Waals surface area (Å²) in [5, 5.41) is 35.0. The molecule has 0 amide bonds. The molecule has 10 heavy (non-hydrogen) atoms. The fourth-order valence-corrected chi connectivity index (χ4v) is 0.880. The van der Waals surface area contributed by atoms with Crippen LogP contribution in [0.25, 0.3) is 0 Å². The number of rotatable bonds is 1. The predicted octanol–water partition coefficient (Wildman–Crippen LogP) is -2.58. The molecule has 0 aromatic rings. The zero-order chi connectivity index (χ0) is 7.72. The zero-order valence-corrected chi connectivity index (χ0v) is 5.21. The lowest BCUT2D eigenvalue weighted by Crippen LogP contribution is -2.33. The minimum Gasteiger partial charge on any atom is -0.394 e. The maximum atomic E-state index is 8.93. The van der Waals surface area contributed by atoms with E-state index < -0.39 is 31.2 Å². The number of aliphatic hydroxyl groups is 4. The first-order chi connectivity index (χ1) is 4.66. The molecule has 0 aromatic heterocycles. The van der Waals surface area contributed by atoms with E-state index in [-0.39, 0.29) is 0 Å². The van der Waals surface area contributed by atoms with Crippen LogP contribution in [0.2, 0.25) is 0 Å². The van der Waals surface area contributed by atoms with Crippen molar-refractivity contribution in [2.75, 3.05) is 6.61 Å². The van der Waals surface area contributed by atoms with Gasteiger partial charge in [-0.25, -0.2) is 0 Å². The molecule has 3 unspecified atom stereocenters. The third-order valence-corrected chi connectivity index (χ3v) is 1.52. The van der Waals surface area contributed by atoms with Gasteiger partial charge in [0.2, 0.25) is 0 Å². The lowest BCUT2D eigenvalue weighted by Gasteiger charge is -2.09. The third kappa shape index (κ3) is 1.14. The first-order valence-electron chi connectivity index (χ1n) is 2.97. The molecule has 0 aromatic carbocycles. The molecule has 0 spiro atoms. The maximum absolute atomic E-state index is 8.93. The highest BCUT2D eigenvalue weighted by atomic mass is 16.6. The molecule has 1 rings (SSSR count). The highest BCUT2D eigenvalue weighted by molar-refractivity contribution is 4.84. The highest BCUT2D eigenvalue weighted by Gasteiger charge is 2.41. The van der Waals surface area contributed by atoms with Crippen molar-refractivity contribution in [3.05, 3.63) is 0 Å². The van der Waals surface area contributed by atoms with Crippen molar-refractivity contribution >= 4 is 0 Å². The van der Waals surface area contributed by atoms with Gasteiger partial charge in [0.05, 0.1) is 6.61 Å². The van der Waals surface area contributed by atoms with Crippen LogP contribution in [0.4, 0.5) is 0 Å². The van der Waals surface area contributed by atoms with E-state index in [1.807, 2.05) is 0 Å². The summed E-state index contributed by atoms with van der Waals surface area (Å²) >= 11 is 0. The topological polar surface area (TPSA) is 90.2 Å². The summed E-state index contributed by atoms with van der Waals surface area (Å²) < 4.78 is 4.54. The summed E-state index contributed by atoms with van der Waals surface area (Å²) in [6.45, 7) is -0.407. The number of hydrogen-bond acceptors (Lipinski definition) is 5. The molecule has 4 N–H and O–H groups in total. The first kappa shape index (κ1) is 7.90. The summed E-state index contributed by atoms with van der Waals surface area (Å²) in [6.07, 6.45) is -4.76. The molecule has 0 aliphatic carbocycles. The van der Waals surface area contributed by atoms with Gasteiger partial charge in [-0.05, 0) is 0 Å². The summed E-state index contributed by atoms with van der Waals surface area (Å²) in [5.41, 5.74) is 0. The lowest BCUT2D eigenvalue weighted by molar-refractivity contribution is -0.132. The van der Waals surface area contributed by atoms with E-state index in [0.29, 0.717) is 0 Å². The largest absolute Gasteiger partial charge is 0.394 e. The number of hydrogen-bond donors (Lipinski definition) is 4. The normalized spacial score (nSPS) is 48.0. The summed E-state index contributed by atoms with van der Waals surface area (Å²) in [4.78, 5) is 0. The molecule has 0 bridgehead atoms. The molecule has 5 heteroatoms. The SMILES string of the molecule is OCC1OC(O)C(O)[C@H]1O. The van der Waals surface area contributed by atoms with Crippen molar-refractivity contribution < 1.29 is 25.2 Å². The summed E-state index contributed by atoms with van der Waals surface area (Å²) in [5.74, 6) is 0. The van der Waals surface area contributed by atoms with Gasteiger partial charge in [0.1, 0.15) is 18.3 Å². The Morgan fingerprint density at radius 2 is 1.70 bits per heavy atom. The van der Waals surface area contributed by atoms with Crippen molar-refractivity contribution in [3.8, 4) is 0 Å². The average molecular weight is 150 g/mol. The molecular formula is C5H10O5. The van der Waals surface area contributed by atoms with Gasteiger partial charge < -0.3 is 25.2 Å². The molecule has 1 aliphatic heterocycles. The van der Waals surface area contributed by atoms with Gasteiger partial charge in [0.15, 0.2) is 6.29 Å². The van der Waals surface area contributed by atoms with E-state index in [4.69, 9.17) is 20.4 Å². The van der Waals surface area contributed by atoms with E-state index in [1.165, 1.54) is 0 Å². The van der Waals surface area contributed by atoms with Gasteiger partial charge in [-0.15, -0.1) is 0 Å². The van der Waals surface area contributed by atoms with Crippen LogP contribution in [0, 0.1) is 0 Å². The van der Waals surface area contributed by atoms with Crippen LogP contribution < -0.4 is 0 Å². The van der Waals surface area contributed by atoms with Crippen molar-refractivity contribution in [1.82, 2.24) is 0 Å². The van der Waals surface area contributed by atoms with Crippen LogP contribution >= 0.6 is 0 Å². The van der Waals surface area contributed by atoms with E-state index >= 15 is 0 Å². The van der Waals surface area contributed by atoms with Crippen LogP contribution in [0.15, 0.2) is 0 Å². The van der Waals surface area contributed by atoms with Crippen molar-refractivity contribution in [3.63, 3.8) is 0 Å². The number of aliphatic hydroxyl groups excluding tert-OH is 4.